The van der Waals surface area contributed by atoms with Crippen LogP contribution in [0.5, 0.6) is 5.75 Å². The van der Waals surface area contributed by atoms with E-state index in [2.05, 4.69) is 95.1 Å². The van der Waals surface area contributed by atoms with Crippen LogP contribution in [0.25, 0.3) is 16.5 Å². The van der Waals surface area contributed by atoms with Crippen LogP contribution in [0.15, 0.2) is 72.8 Å². The third-order valence-corrected chi connectivity index (χ3v) is 6.97. The number of nitrogens with one attached hydrogen (secondary N) is 1. The molecule has 1 saturated heterocycles. The average Bonchev–Trinajstić information content (AvgIpc) is 3.26. The molecule has 3 aromatic carbocycles. The van der Waals surface area contributed by atoms with E-state index in [4.69, 9.17) is 4.74 Å². The Hall–Kier alpha value is -2.82. The van der Waals surface area contributed by atoms with Gasteiger partial charge in [0, 0.05) is 31.5 Å². The average molecular weight is 398 g/mol. The van der Waals surface area contributed by atoms with E-state index in [0.717, 1.165) is 38.2 Å². The maximum atomic E-state index is 6.73. The Morgan fingerprint density at radius 1 is 0.967 bits per heavy atom. The van der Waals surface area contributed by atoms with Crippen molar-refractivity contribution in [3.63, 3.8) is 0 Å². The summed E-state index contributed by atoms with van der Waals surface area (Å²) in [5, 5.41) is 4.92. The van der Waals surface area contributed by atoms with Crippen LogP contribution in [0.4, 0.5) is 0 Å². The molecule has 3 aliphatic rings. The Balaban J connectivity index is 1.40. The number of hydrazine groups is 1. The Morgan fingerprint density at radius 3 is 2.57 bits per heavy atom. The Bertz CT molecular complexity index is 1130. The van der Waals surface area contributed by atoms with Gasteiger partial charge in [-0.2, -0.15) is 5.01 Å². The third-order valence-electron chi connectivity index (χ3n) is 6.97. The van der Waals surface area contributed by atoms with E-state index in [1.165, 1.54) is 27.6 Å². The third kappa shape index (κ3) is 2.75. The highest BCUT2D eigenvalue weighted by atomic mass is 16.5. The van der Waals surface area contributed by atoms with Gasteiger partial charge >= 0.3 is 0 Å². The second kappa shape index (κ2) is 6.86. The molecule has 3 aromatic rings. The van der Waals surface area contributed by atoms with Gasteiger partial charge in [-0.25, -0.2) is 0 Å². The van der Waals surface area contributed by atoms with Crippen LogP contribution in [0.1, 0.15) is 36.9 Å². The van der Waals surface area contributed by atoms with Crippen LogP contribution in [-0.2, 0) is 0 Å². The number of likely N-dealkylation sites (tertiary alicyclic amines) is 1. The van der Waals surface area contributed by atoms with Crippen molar-refractivity contribution in [2.75, 3.05) is 19.6 Å². The highest BCUT2D eigenvalue weighted by Crippen LogP contribution is 2.48. The van der Waals surface area contributed by atoms with Gasteiger partial charge in [0.1, 0.15) is 5.75 Å². The molecule has 152 valence electrons. The van der Waals surface area contributed by atoms with Crippen LogP contribution in [0.3, 0.4) is 0 Å². The summed E-state index contributed by atoms with van der Waals surface area (Å²) >= 11 is 0. The minimum Gasteiger partial charge on any atom is -0.470 e. The number of rotatable bonds is 2. The van der Waals surface area contributed by atoms with Crippen molar-refractivity contribution in [3.8, 4) is 5.75 Å². The summed E-state index contributed by atoms with van der Waals surface area (Å²) in [7, 11) is 0. The topological polar surface area (TPSA) is 27.7 Å². The summed E-state index contributed by atoms with van der Waals surface area (Å²) in [6.45, 7) is 5.47. The van der Waals surface area contributed by atoms with E-state index in [9.17, 15) is 0 Å². The molecule has 30 heavy (non-hydrogen) atoms. The van der Waals surface area contributed by atoms with Gasteiger partial charge in [0.2, 0.25) is 0 Å². The fourth-order valence-electron chi connectivity index (χ4n) is 5.20. The largest absolute Gasteiger partial charge is 0.470 e. The second-order valence-electron chi connectivity index (χ2n) is 8.59. The first-order chi connectivity index (χ1) is 14.8. The van der Waals surface area contributed by atoms with Gasteiger partial charge in [0.25, 0.3) is 0 Å². The van der Waals surface area contributed by atoms with Gasteiger partial charge in [0.15, 0.2) is 5.72 Å². The molecule has 3 aliphatic heterocycles. The number of ether oxygens (including phenoxy) is 1. The second-order valence-corrected chi connectivity index (χ2v) is 8.59. The fourth-order valence-corrected chi connectivity index (χ4v) is 5.20. The lowest BCUT2D eigenvalue weighted by atomic mass is 9.93. The molecule has 0 aliphatic carbocycles. The Kier molecular flexibility index (Phi) is 4.12. The highest BCUT2D eigenvalue weighted by Gasteiger charge is 2.51. The van der Waals surface area contributed by atoms with E-state index >= 15 is 0 Å². The summed E-state index contributed by atoms with van der Waals surface area (Å²) < 4.78 is 6.73. The lowest BCUT2D eigenvalue weighted by Gasteiger charge is -2.51. The maximum Gasteiger partial charge on any atom is 0.182 e. The molecular weight excluding hydrogens is 370 g/mol. The summed E-state index contributed by atoms with van der Waals surface area (Å²) in [5.74, 6) is 1.03. The predicted molar refractivity (Wildman–Crippen MR) is 121 cm³/mol. The van der Waals surface area contributed by atoms with Crippen molar-refractivity contribution in [2.45, 2.75) is 31.5 Å². The molecule has 1 spiro atoms. The number of hydrogen-bond acceptors (Lipinski definition) is 4. The maximum absolute atomic E-state index is 6.73. The molecule has 0 aromatic heterocycles. The van der Waals surface area contributed by atoms with Gasteiger partial charge in [-0.3, -0.25) is 0 Å². The first kappa shape index (κ1) is 18.0. The molecule has 1 fully saturated rings. The van der Waals surface area contributed by atoms with Crippen LogP contribution >= 0.6 is 0 Å². The monoisotopic (exact) mass is 397 g/mol. The van der Waals surface area contributed by atoms with Crippen molar-refractivity contribution in [1.29, 1.82) is 0 Å². The molecule has 4 nitrogen and oxygen atoms in total. The smallest absolute Gasteiger partial charge is 0.182 e. The first-order valence-corrected chi connectivity index (χ1v) is 11.0. The molecule has 3 heterocycles. The molecule has 0 radical (unpaired) electrons. The number of para-hydroxylation sites is 1. The molecule has 0 amide bonds. The molecule has 6 rings (SSSR count). The van der Waals surface area contributed by atoms with Crippen LogP contribution in [-0.4, -0.2) is 35.3 Å². The van der Waals surface area contributed by atoms with Gasteiger partial charge in [-0.1, -0.05) is 61.5 Å². The van der Waals surface area contributed by atoms with Gasteiger partial charge in [0.05, 0.1) is 11.7 Å². The predicted octanol–water partition coefficient (Wildman–Crippen LogP) is 4.95. The van der Waals surface area contributed by atoms with Crippen molar-refractivity contribution < 1.29 is 4.74 Å². The number of benzene rings is 3. The van der Waals surface area contributed by atoms with Gasteiger partial charge in [-0.05, 0) is 41.1 Å². The van der Waals surface area contributed by atoms with Gasteiger partial charge in [-0.15, -0.1) is 0 Å². The summed E-state index contributed by atoms with van der Waals surface area (Å²) in [6.07, 6.45) is 4.37. The Labute approximate surface area is 177 Å². The molecular formula is C26H27N3O. The molecule has 0 saturated carbocycles. The number of fused-ring (bicyclic) bond motifs is 5. The van der Waals surface area contributed by atoms with Crippen LogP contribution in [0, 0.1) is 0 Å². The van der Waals surface area contributed by atoms with E-state index < -0.39 is 0 Å². The quantitative estimate of drug-likeness (QED) is 0.662. The first-order valence-electron chi connectivity index (χ1n) is 11.0. The minimum absolute atomic E-state index is 0.185. The zero-order valence-electron chi connectivity index (χ0n) is 17.3. The Morgan fingerprint density at radius 2 is 1.73 bits per heavy atom. The standard InChI is InChI=1S/C26H27N3O/c1-2-28-15-13-26(14-16-28)29-24(22-9-5-6-10-25(22)30-26)18-23(27-29)21-12-11-19-7-3-4-8-20(19)17-21/h3-12,17-18,24,27H,2,13-16H2,1H3/t24-/m0/s1. The molecule has 4 heteroatoms. The van der Waals surface area contributed by atoms with Crippen molar-refractivity contribution >= 4 is 16.5 Å². The lowest BCUT2D eigenvalue weighted by molar-refractivity contribution is -0.159. The van der Waals surface area contributed by atoms with E-state index in [1.807, 2.05) is 0 Å². The fraction of sp³-hybridized carbons (Fsp3) is 0.308. The van der Waals surface area contributed by atoms with Crippen LogP contribution < -0.4 is 10.2 Å². The number of nitrogens with zero attached hydrogens (tertiary/aromatic N) is 2. The zero-order valence-corrected chi connectivity index (χ0v) is 17.3. The van der Waals surface area contributed by atoms with Crippen molar-refractivity contribution in [3.05, 3.63) is 83.9 Å². The lowest BCUT2D eigenvalue weighted by Crippen LogP contribution is -2.63. The zero-order chi connectivity index (χ0) is 20.1. The molecule has 1 atom stereocenters. The molecule has 1 N–H and O–H groups in total. The molecule has 0 bridgehead atoms. The number of hydrogen-bond donors (Lipinski definition) is 1. The summed E-state index contributed by atoms with van der Waals surface area (Å²) in [5.41, 5.74) is 7.09. The van der Waals surface area contributed by atoms with Crippen molar-refractivity contribution in [2.24, 2.45) is 0 Å². The van der Waals surface area contributed by atoms with Gasteiger partial charge < -0.3 is 15.1 Å². The summed E-state index contributed by atoms with van der Waals surface area (Å²) in [6, 6.07) is 24.0. The van der Waals surface area contributed by atoms with E-state index in [1.54, 1.807) is 0 Å². The number of piperidine rings is 1. The normalized spacial score (nSPS) is 22.8. The molecule has 0 unspecified atom stereocenters. The SMILES string of the molecule is CCN1CCC2(CC1)Oc1ccccc1[C@@H]1C=C(c3ccc4ccccc4c3)NN12. The van der Waals surface area contributed by atoms with E-state index in [0.29, 0.717) is 0 Å². The van der Waals surface area contributed by atoms with Crippen molar-refractivity contribution in [1.82, 2.24) is 15.3 Å². The van der Waals surface area contributed by atoms with Crippen LogP contribution in [0.2, 0.25) is 0 Å². The summed E-state index contributed by atoms with van der Waals surface area (Å²) in [4.78, 5) is 2.51. The van der Waals surface area contributed by atoms with E-state index in [-0.39, 0.29) is 11.8 Å². The highest BCUT2D eigenvalue weighted by molar-refractivity contribution is 5.86. The minimum atomic E-state index is -0.306.